The van der Waals surface area contributed by atoms with Crippen LogP contribution >= 0.6 is 0 Å². The molecular weight excluding hydrogens is 300 g/mol. The highest BCUT2D eigenvalue weighted by atomic mass is 16.6. The third-order valence-corrected chi connectivity index (χ3v) is 4.85. The Morgan fingerprint density at radius 2 is 2.00 bits per heavy atom. The second kappa shape index (κ2) is 5.64. The number of nitrogens with zero attached hydrogens (tertiary/aromatic N) is 2. The highest BCUT2D eigenvalue weighted by Gasteiger charge is 2.47. The molecule has 2 aliphatic rings. The lowest BCUT2D eigenvalue weighted by atomic mass is 9.92. The molecule has 122 valence electrons. The van der Waals surface area contributed by atoms with Crippen LogP contribution in [0.3, 0.4) is 0 Å². The molecule has 2 fully saturated rings. The average Bonchev–Trinajstić information content (AvgIpc) is 3.24. The van der Waals surface area contributed by atoms with Crippen LogP contribution in [-0.2, 0) is 4.79 Å². The maximum absolute atomic E-state index is 12.7. The minimum absolute atomic E-state index is 0.0376. The van der Waals surface area contributed by atoms with Crippen molar-refractivity contribution in [1.29, 1.82) is 0 Å². The van der Waals surface area contributed by atoms with Crippen LogP contribution in [0, 0.1) is 34.8 Å². The molecule has 0 unspecified atom stereocenters. The zero-order chi connectivity index (χ0) is 16.7. The number of hydrogen-bond acceptors (Lipinski definition) is 4. The fourth-order valence-electron chi connectivity index (χ4n) is 3.50. The number of para-hydroxylation sites is 1. The van der Waals surface area contributed by atoms with Crippen LogP contribution < -0.4 is 0 Å². The van der Waals surface area contributed by atoms with Gasteiger partial charge in [-0.25, -0.2) is 0 Å². The number of carboxylic acids is 1. The van der Waals surface area contributed by atoms with Gasteiger partial charge in [0.2, 0.25) is 0 Å². The first-order chi connectivity index (χ1) is 10.9. The zero-order valence-electron chi connectivity index (χ0n) is 12.8. The van der Waals surface area contributed by atoms with Gasteiger partial charge in [0.15, 0.2) is 0 Å². The number of nitro groups is 1. The molecule has 0 aromatic heterocycles. The van der Waals surface area contributed by atoms with Crippen molar-refractivity contribution in [3.63, 3.8) is 0 Å². The van der Waals surface area contributed by atoms with E-state index in [9.17, 15) is 24.8 Å². The number of benzene rings is 1. The Bertz CT molecular complexity index is 683. The van der Waals surface area contributed by atoms with E-state index < -0.39 is 22.7 Å². The fraction of sp³-hybridized carbons (Fsp3) is 0.500. The van der Waals surface area contributed by atoms with Crippen molar-refractivity contribution in [3.05, 3.63) is 39.4 Å². The first kappa shape index (κ1) is 15.5. The maximum atomic E-state index is 12.7. The summed E-state index contributed by atoms with van der Waals surface area (Å²) in [6, 6.07) is 4.64. The Morgan fingerprint density at radius 1 is 1.30 bits per heavy atom. The Morgan fingerprint density at radius 3 is 2.57 bits per heavy atom. The first-order valence-corrected chi connectivity index (χ1v) is 7.66. The van der Waals surface area contributed by atoms with Crippen LogP contribution in [0.25, 0.3) is 0 Å². The number of rotatable bonds is 4. The average molecular weight is 318 g/mol. The van der Waals surface area contributed by atoms with Crippen LogP contribution in [0.5, 0.6) is 0 Å². The van der Waals surface area contributed by atoms with E-state index in [0.717, 1.165) is 12.8 Å². The normalized spacial score (nSPS) is 23.8. The summed E-state index contributed by atoms with van der Waals surface area (Å²) in [7, 11) is 0. The summed E-state index contributed by atoms with van der Waals surface area (Å²) in [4.78, 5) is 36.3. The lowest BCUT2D eigenvalue weighted by Crippen LogP contribution is -2.30. The van der Waals surface area contributed by atoms with Crippen LogP contribution in [0.1, 0.15) is 28.8 Å². The Kier molecular flexibility index (Phi) is 3.79. The van der Waals surface area contributed by atoms with E-state index in [2.05, 4.69) is 0 Å². The second-order valence-corrected chi connectivity index (χ2v) is 6.38. The topological polar surface area (TPSA) is 101 Å². The SMILES string of the molecule is Cc1cccc(C(=O)N2C[C@H](C(=O)O)[C@@H](C3CC3)C2)c1[N+](=O)[O-]. The molecule has 7 nitrogen and oxygen atoms in total. The summed E-state index contributed by atoms with van der Waals surface area (Å²) in [6.07, 6.45) is 2.00. The van der Waals surface area contributed by atoms with Gasteiger partial charge in [0.1, 0.15) is 5.56 Å². The van der Waals surface area contributed by atoms with Gasteiger partial charge in [0.05, 0.1) is 10.8 Å². The summed E-state index contributed by atoms with van der Waals surface area (Å²) < 4.78 is 0. The molecule has 7 heteroatoms. The number of amides is 1. The van der Waals surface area contributed by atoms with E-state index in [0.29, 0.717) is 18.0 Å². The van der Waals surface area contributed by atoms with E-state index in [4.69, 9.17) is 0 Å². The number of likely N-dealkylation sites (tertiary alicyclic amines) is 1. The van der Waals surface area contributed by atoms with Crippen LogP contribution in [0.15, 0.2) is 18.2 Å². The Labute approximate surface area is 133 Å². The van der Waals surface area contributed by atoms with Crippen molar-refractivity contribution in [2.45, 2.75) is 19.8 Å². The minimum atomic E-state index is -0.893. The molecular formula is C16H18N2O5. The number of nitro benzene ring substituents is 1. The van der Waals surface area contributed by atoms with Crippen LogP contribution in [0.2, 0.25) is 0 Å². The molecule has 1 amide bonds. The molecule has 1 aromatic rings. The van der Waals surface area contributed by atoms with Crippen molar-refractivity contribution in [2.75, 3.05) is 13.1 Å². The highest BCUT2D eigenvalue weighted by molar-refractivity contribution is 5.99. The van der Waals surface area contributed by atoms with Gasteiger partial charge in [-0.3, -0.25) is 19.7 Å². The van der Waals surface area contributed by atoms with Crippen molar-refractivity contribution in [3.8, 4) is 0 Å². The quantitative estimate of drug-likeness (QED) is 0.676. The van der Waals surface area contributed by atoms with Crippen molar-refractivity contribution < 1.29 is 19.6 Å². The smallest absolute Gasteiger partial charge is 0.308 e. The van der Waals surface area contributed by atoms with E-state index in [-0.39, 0.29) is 23.7 Å². The molecule has 1 heterocycles. The number of aryl methyl sites for hydroxylation is 1. The molecule has 1 aliphatic heterocycles. The summed E-state index contributed by atoms with van der Waals surface area (Å²) in [5.41, 5.74) is 0.267. The van der Waals surface area contributed by atoms with Crippen LogP contribution in [-0.4, -0.2) is 39.9 Å². The monoisotopic (exact) mass is 318 g/mol. The second-order valence-electron chi connectivity index (χ2n) is 6.38. The summed E-state index contributed by atoms with van der Waals surface area (Å²) in [5, 5.41) is 20.6. The van der Waals surface area contributed by atoms with Crippen molar-refractivity contribution >= 4 is 17.6 Å². The maximum Gasteiger partial charge on any atom is 0.308 e. The molecule has 1 aromatic carbocycles. The molecule has 0 radical (unpaired) electrons. The third kappa shape index (κ3) is 2.78. The number of carbonyl (C=O) groups is 2. The molecule has 1 saturated carbocycles. The molecule has 2 atom stereocenters. The number of carbonyl (C=O) groups excluding carboxylic acids is 1. The number of hydrogen-bond donors (Lipinski definition) is 1. The molecule has 1 saturated heterocycles. The molecule has 3 rings (SSSR count). The minimum Gasteiger partial charge on any atom is -0.481 e. The summed E-state index contributed by atoms with van der Waals surface area (Å²) in [6.45, 7) is 2.08. The largest absolute Gasteiger partial charge is 0.481 e. The predicted octanol–water partition coefficient (Wildman–Crippen LogP) is 2.09. The fourth-order valence-corrected chi connectivity index (χ4v) is 3.50. The molecule has 23 heavy (non-hydrogen) atoms. The van der Waals surface area contributed by atoms with Gasteiger partial charge in [-0.1, -0.05) is 12.1 Å². The van der Waals surface area contributed by atoms with Gasteiger partial charge >= 0.3 is 5.97 Å². The Balaban J connectivity index is 1.88. The first-order valence-electron chi connectivity index (χ1n) is 7.66. The van der Waals surface area contributed by atoms with E-state index >= 15 is 0 Å². The summed E-state index contributed by atoms with van der Waals surface area (Å²) in [5.74, 6) is -1.59. The zero-order valence-corrected chi connectivity index (χ0v) is 12.8. The van der Waals surface area contributed by atoms with Gasteiger partial charge in [-0.15, -0.1) is 0 Å². The van der Waals surface area contributed by atoms with Crippen molar-refractivity contribution in [2.24, 2.45) is 17.8 Å². The van der Waals surface area contributed by atoms with Gasteiger partial charge in [-0.05, 0) is 37.7 Å². The van der Waals surface area contributed by atoms with Crippen molar-refractivity contribution in [1.82, 2.24) is 4.90 Å². The molecule has 1 aliphatic carbocycles. The van der Waals surface area contributed by atoms with E-state index in [1.165, 1.54) is 11.0 Å². The molecule has 0 bridgehead atoms. The lowest BCUT2D eigenvalue weighted by molar-refractivity contribution is -0.385. The van der Waals surface area contributed by atoms with Gasteiger partial charge in [-0.2, -0.15) is 0 Å². The number of carboxylic acid groups (broad SMARTS) is 1. The van der Waals surface area contributed by atoms with E-state index in [1.54, 1.807) is 19.1 Å². The van der Waals surface area contributed by atoms with Gasteiger partial charge in [0.25, 0.3) is 11.6 Å². The Hall–Kier alpha value is -2.44. The van der Waals surface area contributed by atoms with Gasteiger partial charge < -0.3 is 10.0 Å². The highest BCUT2D eigenvalue weighted by Crippen LogP contribution is 2.44. The summed E-state index contributed by atoms with van der Waals surface area (Å²) >= 11 is 0. The third-order valence-electron chi connectivity index (χ3n) is 4.85. The van der Waals surface area contributed by atoms with Crippen LogP contribution in [0.4, 0.5) is 5.69 Å². The van der Waals surface area contributed by atoms with Gasteiger partial charge in [0, 0.05) is 18.7 Å². The number of aliphatic carboxylic acids is 1. The van der Waals surface area contributed by atoms with E-state index in [1.807, 2.05) is 0 Å². The lowest BCUT2D eigenvalue weighted by Gasteiger charge is -2.16. The molecule has 0 spiro atoms. The predicted molar refractivity (Wildman–Crippen MR) is 81.1 cm³/mol. The molecule has 1 N–H and O–H groups in total. The standard InChI is InChI=1S/C16H18N2O5/c1-9-3-2-4-11(14(9)18(22)23)15(19)17-7-12(10-5-6-10)13(8-17)16(20)21/h2-4,10,12-13H,5-8H2,1H3,(H,20,21)/t12-,13+/m1/s1.